The summed E-state index contributed by atoms with van der Waals surface area (Å²) in [6.45, 7) is 8.74. The number of aliphatic carboxylic acids is 1. The van der Waals surface area contributed by atoms with Crippen LogP contribution in [0.5, 0.6) is 0 Å². The van der Waals surface area contributed by atoms with Crippen molar-refractivity contribution in [1.29, 1.82) is 0 Å². The first kappa shape index (κ1) is 37.4. The number of fused-ring (bicyclic) bond motifs is 3. The Bertz CT molecular complexity index is 1460. The fourth-order valence-corrected chi connectivity index (χ4v) is 6.96. The molecule has 4 rings (SSSR count). The Hall–Kier alpha value is -4.41. The molecular formula is C38H52N4O7. The molecule has 266 valence electrons. The minimum absolute atomic E-state index is 0.00883. The van der Waals surface area contributed by atoms with Gasteiger partial charge in [-0.25, -0.2) is 4.79 Å². The smallest absolute Gasteiger partial charge is 0.407 e. The molecule has 1 saturated heterocycles. The Labute approximate surface area is 290 Å². The number of likely N-dealkylation sites (tertiary alicyclic amines) is 1. The van der Waals surface area contributed by atoms with Crippen molar-refractivity contribution in [2.75, 3.05) is 33.8 Å². The van der Waals surface area contributed by atoms with E-state index in [1.165, 1.54) is 23.9 Å². The average Bonchev–Trinajstić information content (AvgIpc) is 3.42. The molecule has 1 fully saturated rings. The van der Waals surface area contributed by atoms with E-state index in [1.54, 1.807) is 4.90 Å². The van der Waals surface area contributed by atoms with Gasteiger partial charge in [-0.2, -0.15) is 0 Å². The zero-order valence-corrected chi connectivity index (χ0v) is 29.7. The van der Waals surface area contributed by atoms with Crippen molar-refractivity contribution >= 4 is 29.8 Å². The number of piperidine rings is 1. The molecule has 4 atom stereocenters. The number of amides is 4. The van der Waals surface area contributed by atoms with E-state index in [9.17, 15) is 29.1 Å². The highest BCUT2D eigenvalue weighted by molar-refractivity contribution is 5.95. The standard InChI is InChI=1S/C38H52N4O7/c1-7-25(4)34(39-38(48)49-23-30-28-17-11-9-15-26(28)27-16-10-12-18-29(27)30)37(47)41(6)31(21-24(2)3)35(45)40(5)32(22-33(43)44)36(46)42-19-13-8-14-20-42/h9-12,15-18,24-25,30-32,34H,7-8,13-14,19-23H2,1-6H3,(H,39,48)(H,43,44)/t25-,31+,32-,34-/m0/s1. The number of nitrogens with one attached hydrogen (secondary N) is 1. The van der Waals surface area contributed by atoms with Crippen LogP contribution in [0.1, 0.15) is 83.3 Å². The summed E-state index contributed by atoms with van der Waals surface area (Å²) in [5.41, 5.74) is 4.36. The summed E-state index contributed by atoms with van der Waals surface area (Å²) in [5.74, 6) is -3.02. The molecule has 4 amide bonds. The van der Waals surface area contributed by atoms with Crippen molar-refractivity contribution in [3.05, 3.63) is 59.7 Å². The summed E-state index contributed by atoms with van der Waals surface area (Å²) in [6, 6.07) is 12.9. The molecule has 49 heavy (non-hydrogen) atoms. The van der Waals surface area contributed by atoms with Crippen LogP contribution < -0.4 is 5.32 Å². The topological polar surface area (TPSA) is 137 Å². The van der Waals surface area contributed by atoms with E-state index >= 15 is 0 Å². The minimum Gasteiger partial charge on any atom is -0.481 e. The van der Waals surface area contributed by atoms with Gasteiger partial charge in [-0.15, -0.1) is 0 Å². The van der Waals surface area contributed by atoms with Gasteiger partial charge in [0.25, 0.3) is 0 Å². The maximum absolute atomic E-state index is 14.2. The van der Waals surface area contributed by atoms with E-state index in [1.807, 2.05) is 64.1 Å². The SMILES string of the molecule is CC[C@H](C)[C@H](NC(=O)OCC1c2ccccc2-c2ccccc21)C(=O)N(C)[C@H](CC(C)C)C(=O)N(C)[C@@H](CC(=O)O)C(=O)N1CCCCC1. The Morgan fingerprint density at radius 2 is 1.41 bits per heavy atom. The summed E-state index contributed by atoms with van der Waals surface area (Å²) in [4.78, 5) is 71.1. The van der Waals surface area contributed by atoms with Gasteiger partial charge in [0, 0.05) is 33.1 Å². The second-order valence-electron chi connectivity index (χ2n) is 13.9. The molecule has 0 spiro atoms. The van der Waals surface area contributed by atoms with E-state index < -0.39 is 54.3 Å². The number of carbonyl (C=O) groups is 5. The summed E-state index contributed by atoms with van der Waals surface area (Å²) >= 11 is 0. The highest BCUT2D eigenvalue weighted by Crippen LogP contribution is 2.44. The van der Waals surface area contributed by atoms with Gasteiger partial charge in [-0.1, -0.05) is 82.6 Å². The lowest BCUT2D eigenvalue weighted by atomic mass is 9.95. The first-order valence-corrected chi connectivity index (χ1v) is 17.5. The van der Waals surface area contributed by atoms with E-state index in [4.69, 9.17) is 4.74 Å². The molecule has 11 heteroatoms. The molecule has 1 aliphatic heterocycles. The maximum Gasteiger partial charge on any atom is 0.407 e. The lowest BCUT2D eigenvalue weighted by Gasteiger charge is -2.38. The molecule has 2 aromatic rings. The zero-order valence-electron chi connectivity index (χ0n) is 29.7. The molecular weight excluding hydrogens is 624 g/mol. The number of carboxylic acid groups (broad SMARTS) is 1. The third-order valence-electron chi connectivity index (χ3n) is 10.0. The fourth-order valence-electron chi connectivity index (χ4n) is 6.96. The van der Waals surface area contributed by atoms with Crippen LogP contribution in [-0.4, -0.2) is 102 Å². The van der Waals surface area contributed by atoms with Gasteiger partial charge in [0.2, 0.25) is 17.7 Å². The summed E-state index contributed by atoms with van der Waals surface area (Å²) in [5, 5.41) is 12.5. The number of carboxylic acids is 1. The van der Waals surface area contributed by atoms with Crippen molar-refractivity contribution in [3.8, 4) is 11.1 Å². The normalized spacial score (nSPS) is 16.5. The van der Waals surface area contributed by atoms with Crippen LogP contribution in [0.15, 0.2) is 48.5 Å². The number of hydrogen-bond acceptors (Lipinski definition) is 6. The van der Waals surface area contributed by atoms with Crippen LogP contribution in [0.2, 0.25) is 0 Å². The summed E-state index contributed by atoms with van der Waals surface area (Å²) in [7, 11) is 2.96. The monoisotopic (exact) mass is 676 g/mol. The molecule has 0 aromatic heterocycles. The summed E-state index contributed by atoms with van der Waals surface area (Å²) < 4.78 is 5.76. The van der Waals surface area contributed by atoms with Gasteiger partial charge in [0.05, 0.1) is 6.42 Å². The predicted molar refractivity (Wildman–Crippen MR) is 187 cm³/mol. The van der Waals surface area contributed by atoms with Crippen molar-refractivity contribution in [1.82, 2.24) is 20.0 Å². The molecule has 1 aliphatic carbocycles. The zero-order chi connectivity index (χ0) is 35.8. The van der Waals surface area contributed by atoms with Gasteiger partial charge < -0.3 is 29.9 Å². The number of alkyl carbamates (subject to hydrolysis) is 1. The Morgan fingerprint density at radius 3 is 1.94 bits per heavy atom. The first-order valence-electron chi connectivity index (χ1n) is 17.5. The van der Waals surface area contributed by atoms with Crippen molar-refractivity contribution < 1.29 is 33.8 Å². The van der Waals surface area contributed by atoms with Crippen LogP contribution in [0, 0.1) is 11.8 Å². The quantitative estimate of drug-likeness (QED) is 0.283. The number of benzene rings is 2. The maximum atomic E-state index is 14.2. The van der Waals surface area contributed by atoms with E-state index in [0.29, 0.717) is 19.5 Å². The van der Waals surface area contributed by atoms with E-state index in [-0.39, 0.29) is 30.8 Å². The van der Waals surface area contributed by atoms with E-state index in [0.717, 1.165) is 41.5 Å². The minimum atomic E-state index is -1.20. The lowest BCUT2D eigenvalue weighted by Crippen LogP contribution is -2.59. The molecule has 2 aromatic carbocycles. The van der Waals surface area contributed by atoms with Crippen LogP contribution >= 0.6 is 0 Å². The molecule has 0 saturated carbocycles. The van der Waals surface area contributed by atoms with Gasteiger partial charge >= 0.3 is 12.1 Å². The molecule has 2 N–H and O–H groups in total. The Morgan fingerprint density at radius 1 is 0.857 bits per heavy atom. The van der Waals surface area contributed by atoms with Crippen LogP contribution in [0.4, 0.5) is 4.79 Å². The fraction of sp³-hybridized carbons (Fsp3) is 0.553. The molecule has 0 unspecified atom stereocenters. The molecule has 1 heterocycles. The average molecular weight is 677 g/mol. The number of rotatable bonds is 14. The highest BCUT2D eigenvalue weighted by atomic mass is 16.5. The number of ether oxygens (including phenoxy) is 1. The summed E-state index contributed by atoms with van der Waals surface area (Å²) in [6.07, 6.45) is 2.22. The largest absolute Gasteiger partial charge is 0.481 e. The molecule has 11 nitrogen and oxygen atoms in total. The molecule has 0 bridgehead atoms. The predicted octanol–water partition coefficient (Wildman–Crippen LogP) is 5.13. The number of likely N-dealkylation sites (N-methyl/N-ethyl adjacent to an activating group) is 2. The van der Waals surface area contributed by atoms with Gasteiger partial charge in [0.1, 0.15) is 24.7 Å². The van der Waals surface area contributed by atoms with Gasteiger partial charge in [0.15, 0.2) is 0 Å². The molecule has 0 radical (unpaired) electrons. The Kier molecular flexibility index (Phi) is 12.8. The number of hydrogen-bond donors (Lipinski definition) is 2. The van der Waals surface area contributed by atoms with Crippen LogP contribution in [0.3, 0.4) is 0 Å². The third-order valence-corrected chi connectivity index (χ3v) is 10.0. The second-order valence-corrected chi connectivity index (χ2v) is 13.9. The number of carbonyl (C=O) groups excluding carboxylic acids is 4. The Balaban J connectivity index is 1.50. The van der Waals surface area contributed by atoms with Gasteiger partial charge in [-0.05, 0) is 59.8 Å². The second kappa shape index (κ2) is 16.8. The third kappa shape index (κ3) is 8.80. The lowest BCUT2D eigenvalue weighted by molar-refractivity contribution is -0.154. The van der Waals surface area contributed by atoms with E-state index in [2.05, 4.69) is 17.4 Å². The van der Waals surface area contributed by atoms with Crippen LogP contribution in [-0.2, 0) is 23.9 Å². The van der Waals surface area contributed by atoms with Crippen molar-refractivity contribution in [2.24, 2.45) is 11.8 Å². The molecule has 2 aliphatic rings. The first-order chi connectivity index (χ1) is 23.3. The van der Waals surface area contributed by atoms with Gasteiger partial charge in [-0.3, -0.25) is 19.2 Å². The highest BCUT2D eigenvalue weighted by Gasteiger charge is 2.40. The number of nitrogens with zero attached hydrogens (tertiary/aromatic N) is 3. The van der Waals surface area contributed by atoms with Crippen molar-refractivity contribution in [3.63, 3.8) is 0 Å². The van der Waals surface area contributed by atoms with Crippen molar-refractivity contribution in [2.45, 2.75) is 90.3 Å². The van der Waals surface area contributed by atoms with Crippen LogP contribution in [0.25, 0.3) is 11.1 Å².